The second-order valence-electron chi connectivity index (χ2n) is 3.88. The molecule has 2 nitrogen and oxygen atoms in total. The van der Waals surface area contributed by atoms with Crippen molar-refractivity contribution in [3.05, 3.63) is 52.5 Å². The van der Waals surface area contributed by atoms with Gasteiger partial charge in [-0.2, -0.15) is 0 Å². The minimum Gasteiger partial charge on any atom is -0.462 e. The number of ether oxygens (including phenoxy) is 1. The van der Waals surface area contributed by atoms with E-state index in [0.717, 1.165) is 16.3 Å². The van der Waals surface area contributed by atoms with Crippen LogP contribution in [0.5, 0.6) is 0 Å². The lowest BCUT2D eigenvalue weighted by Crippen LogP contribution is -2.04. The van der Waals surface area contributed by atoms with Gasteiger partial charge in [0.2, 0.25) is 0 Å². The fraction of sp³-hybridized carbons (Fsp3) is 0.133. The number of esters is 1. The van der Waals surface area contributed by atoms with Gasteiger partial charge in [-0.1, -0.05) is 42.5 Å². The van der Waals surface area contributed by atoms with Gasteiger partial charge in [-0.3, -0.25) is 0 Å². The molecule has 0 saturated carbocycles. The van der Waals surface area contributed by atoms with Gasteiger partial charge in [-0.25, -0.2) is 4.79 Å². The van der Waals surface area contributed by atoms with E-state index in [-0.39, 0.29) is 5.97 Å². The maximum atomic E-state index is 11.7. The second kappa shape index (κ2) is 6.35. The number of carbonyl (C=O) groups excluding carboxylic acids is 1. The molecule has 0 atom stereocenters. The van der Waals surface area contributed by atoms with E-state index >= 15 is 0 Å². The van der Waals surface area contributed by atoms with Crippen molar-refractivity contribution in [2.75, 3.05) is 6.61 Å². The molecule has 0 radical (unpaired) electrons. The maximum absolute atomic E-state index is 11.7. The first-order valence-corrected chi connectivity index (χ1v) is 7.44. The second-order valence-corrected chi connectivity index (χ2v) is 5.46. The Labute approximate surface area is 128 Å². The van der Waals surface area contributed by atoms with Crippen LogP contribution >= 0.6 is 31.9 Å². The Hall–Kier alpha value is -1.13. The molecule has 0 amide bonds. The predicted molar refractivity (Wildman–Crippen MR) is 85.4 cm³/mol. The zero-order chi connectivity index (χ0) is 13.8. The normalized spacial score (nSPS) is 12.2. The van der Waals surface area contributed by atoms with Crippen LogP contribution in [0.1, 0.15) is 12.5 Å². The lowest BCUT2D eigenvalue weighted by Gasteiger charge is -2.08. The summed E-state index contributed by atoms with van der Waals surface area (Å²) in [5.41, 5.74) is 0.957. The first-order chi connectivity index (χ1) is 9.15. The van der Waals surface area contributed by atoms with Gasteiger partial charge in [-0.15, -0.1) is 0 Å². The van der Waals surface area contributed by atoms with Gasteiger partial charge < -0.3 is 4.74 Å². The summed E-state index contributed by atoms with van der Waals surface area (Å²) < 4.78 is 6.08. The average Bonchev–Trinajstić information content (AvgIpc) is 2.45. The lowest BCUT2D eigenvalue weighted by molar-refractivity contribution is -0.137. The molecule has 2 rings (SSSR count). The molecule has 0 bridgehead atoms. The van der Waals surface area contributed by atoms with Crippen LogP contribution < -0.4 is 0 Å². The zero-order valence-corrected chi connectivity index (χ0v) is 13.5. The molecule has 0 fully saturated rings. The van der Waals surface area contributed by atoms with Crippen LogP contribution in [0.15, 0.2) is 46.9 Å². The highest BCUT2D eigenvalue weighted by atomic mass is 79.9. The summed E-state index contributed by atoms with van der Waals surface area (Å²) in [5.74, 6) is -0.373. The van der Waals surface area contributed by atoms with Crippen molar-refractivity contribution in [3.63, 3.8) is 0 Å². The summed E-state index contributed by atoms with van der Waals surface area (Å²) in [6.07, 6.45) is 0. The van der Waals surface area contributed by atoms with Crippen LogP contribution in [0, 0.1) is 0 Å². The number of rotatable bonds is 3. The first kappa shape index (κ1) is 14.3. The van der Waals surface area contributed by atoms with Gasteiger partial charge >= 0.3 is 5.97 Å². The summed E-state index contributed by atoms with van der Waals surface area (Å²) in [6.45, 7) is 2.13. The van der Waals surface area contributed by atoms with Gasteiger partial charge in [0.1, 0.15) is 4.48 Å². The van der Waals surface area contributed by atoms with Crippen LogP contribution in [-0.4, -0.2) is 12.6 Å². The van der Waals surface area contributed by atoms with Crippen LogP contribution in [0.25, 0.3) is 15.3 Å². The Morgan fingerprint density at radius 1 is 1.11 bits per heavy atom. The zero-order valence-electron chi connectivity index (χ0n) is 10.3. The van der Waals surface area contributed by atoms with Crippen LogP contribution in [0.4, 0.5) is 0 Å². The molecule has 0 aliphatic carbocycles. The van der Waals surface area contributed by atoms with Gasteiger partial charge in [-0.05, 0) is 55.1 Å². The Morgan fingerprint density at radius 2 is 1.79 bits per heavy atom. The summed E-state index contributed by atoms with van der Waals surface area (Å²) in [5, 5.41) is 2.21. The smallest absolute Gasteiger partial charge is 0.346 e. The topological polar surface area (TPSA) is 26.3 Å². The first-order valence-electron chi connectivity index (χ1n) is 5.85. The highest BCUT2D eigenvalue weighted by Crippen LogP contribution is 2.34. The van der Waals surface area contributed by atoms with E-state index in [9.17, 15) is 4.79 Å². The molecule has 4 heteroatoms. The van der Waals surface area contributed by atoms with Crippen molar-refractivity contribution in [2.24, 2.45) is 0 Å². The lowest BCUT2D eigenvalue weighted by atomic mass is 10.0. The molecule has 2 aromatic carbocycles. The third-order valence-corrected chi connectivity index (χ3v) is 4.75. The number of benzene rings is 2. The summed E-state index contributed by atoms with van der Waals surface area (Å²) in [6, 6.07) is 14.0. The molecular formula is C15H12Br2O2. The SMILES string of the molecule is CCOC(=O)C(Br)=C(Br)c1cccc2ccccc12. The highest BCUT2D eigenvalue weighted by molar-refractivity contribution is 9.16. The maximum Gasteiger partial charge on any atom is 0.346 e. The van der Waals surface area contributed by atoms with Crippen molar-refractivity contribution in [1.29, 1.82) is 0 Å². The van der Waals surface area contributed by atoms with E-state index in [4.69, 9.17) is 4.74 Å². The Bertz CT molecular complexity index is 642. The number of fused-ring (bicyclic) bond motifs is 1. The molecule has 0 unspecified atom stereocenters. The molecule has 0 N–H and O–H groups in total. The molecule has 0 heterocycles. The molecule has 0 aliphatic rings. The van der Waals surface area contributed by atoms with E-state index in [2.05, 4.69) is 31.9 Å². The van der Waals surface area contributed by atoms with Gasteiger partial charge in [0.05, 0.1) is 6.61 Å². The monoisotopic (exact) mass is 382 g/mol. The Morgan fingerprint density at radius 3 is 2.53 bits per heavy atom. The van der Waals surface area contributed by atoms with Crippen molar-refractivity contribution in [2.45, 2.75) is 6.92 Å². The van der Waals surface area contributed by atoms with Crippen LogP contribution in [0.2, 0.25) is 0 Å². The van der Waals surface area contributed by atoms with Gasteiger partial charge in [0, 0.05) is 4.48 Å². The van der Waals surface area contributed by atoms with E-state index in [1.807, 2.05) is 42.5 Å². The summed E-state index contributed by atoms with van der Waals surface area (Å²) >= 11 is 6.77. The predicted octanol–water partition coefficient (Wildman–Crippen LogP) is 4.86. The largest absolute Gasteiger partial charge is 0.462 e. The van der Waals surface area contributed by atoms with Crippen LogP contribution in [-0.2, 0) is 9.53 Å². The molecule has 19 heavy (non-hydrogen) atoms. The molecular weight excluding hydrogens is 372 g/mol. The molecule has 98 valence electrons. The van der Waals surface area contributed by atoms with E-state index in [0.29, 0.717) is 15.6 Å². The molecule has 0 spiro atoms. The Kier molecular flexibility index (Phi) is 4.77. The van der Waals surface area contributed by atoms with E-state index in [1.165, 1.54) is 0 Å². The van der Waals surface area contributed by atoms with Crippen molar-refractivity contribution in [3.8, 4) is 0 Å². The standard InChI is InChI=1S/C15H12Br2O2/c1-2-19-15(18)14(17)13(16)12-9-5-7-10-6-3-4-8-11(10)12/h3-9H,2H2,1H3. The minimum atomic E-state index is -0.373. The van der Waals surface area contributed by atoms with Gasteiger partial charge in [0.15, 0.2) is 0 Å². The van der Waals surface area contributed by atoms with Crippen LogP contribution in [0.3, 0.4) is 0 Å². The quantitative estimate of drug-likeness (QED) is 0.558. The Balaban J connectivity index is 2.55. The van der Waals surface area contributed by atoms with E-state index in [1.54, 1.807) is 6.92 Å². The molecule has 0 saturated heterocycles. The van der Waals surface area contributed by atoms with Crippen molar-refractivity contribution in [1.82, 2.24) is 0 Å². The van der Waals surface area contributed by atoms with Crippen molar-refractivity contribution >= 4 is 53.1 Å². The van der Waals surface area contributed by atoms with Gasteiger partial charge in [0.25, 0.3) is 0 Å². The molecule has 0 aliphatic heterocycles. The molecule has 0 aromatic heterocycles. The average molecular weight is 384 g/mol. The third kappa shape index (κ3) is 3.07. The molecule has 2 aromatic rings. The fourth-order valence-electron chi connectivity index (χ4n) is 1.82. The highest BCUT2D eigenvalue weighted by Gasteiger charge is 2.14. The fourth-order valence-corrected chi connectivity index (χ4v) is 2.65. The van der Waals surface area contributed by atoms with E-state index < -0.39 is 0 Å². The number of hydrogen-bond donors (Lipinski definition) is 0. The number of halogens is 2. The third-order valence-electron chi connectivity index (χ3n) is 2.67. The summed E-state index contributed by atoms with van der Waals surface area (Å²) in [7, 11) is 0. The summed E-state index contributed by atoms with van der Waals surface area (Å²) in [4.78, 5) is 11.7. The van der Waals surface area contributed by atoms with Crippen molar-refractivity contribution < 1.29 is 9.53 Å². The number of hydrogen-bond acceptors (Lipinski definition) is 2. The number of carbonyl (C=O) groups is 1. The minimum absolute atomic E-state index is 0.351.